The maximum atomic E-state index is 12.5. The van der Waals surface area contributed by atoms with E-state index in [9.17, 15) is 4.79 Å². The van der Waals surface area contributed by atoms with Crippen LogP contribution in [-0.4, -0.2) is 62.0 Å². The first-order valence-corrected chi connectivity index (χ1v) is 6.86. The molecule has 17 heavy (non-hydrogen) atoms. The number of carbonyl (C=O) groups is 1. The van der Waals surface area contributed by atoms with Gasteiger partial charge in [-0.15, -0.1) is 0 Å². The van der Waals surface area contributed by atoms with Gasteiger partial charge in [0, 0.05) is 25.7 Å². The molecule has 98 valence electrons. The molecule has 0 spiro atoms. The fourth-order valence-electron chi connectivity index (χ4n) is 3.11. The molecule has 2 unspecified atom stereocenters. The van der Waals surface area contributed by atoms with Gasteiger partial charge >= 0.3 is 0 Å². The lowest BCUT2D eigenvalue weighted by Gasteiger charge is -2.37. The number of likely N-dealkylation sites (N-methyl/N-ethyl adjacent to an activating group) is 1. The van der Waals surface area contributed by atoms with Crippen LogP contribution in [0.15, 0.2) is 0 Å². The first-order chi connectivity index (χ1) is 8.22. The average molecular weight is 239 g/mol. The Morgan fingerprint density at radius 1 is 1.29 bits per heavy atom. The van der Waals surface area contributed by atoms with Crippen LogP contribution in [0.25, 0.3) is 0 Å². The van der Waals surface area contributed by atoms with Crippen molar-refractivity contribution < 1.29 is 4.79 Å². The Balaban J connectivity index is 1.95. The maximum Gasteiger partial charge on any atom is 0.227 e. The number of piperidine rings is 1. The molecule has 4 nitrogen and oxygen atoms in total. The van der Waals surface area contributed by atoms with E-state index in [2.05, 4.69) is 22.2 Å². The summed E-state index contributed by atoms with van der Waals surface area (Å²) in [5.74, 6) is 0.645. The molecule has 0 bridgehead atoms. The Bertz CT molecular complexity index is 267. The van der Waals surface area contributed by atoms with Crippen molar-refractivity contribution in [2.45, 2.75) is 31.7 Å². The van der Waals surface area contributed by atoms with Gasteiger partial charge in [-0.05, 0) is 46.3 Å². The second kappa shape index (κ2) is 5.83. The molecule has 0 radical (unpaired) electrons. The molecule has 2 atom stereocenters. The molecule has 0 aromatic heterocycles. The monoisotopic (exact) mass is 239 g/mol. The Kier molecular flexibility index (Phi) is 4.40. The van der Waals surface area contributed by atoms with Crippen molar-refractivity contribution in [2.24, 2.45) is 5.92 Å². The van der Waals surface area contributed by atoms with E-state index < -0.39 is 0 Å². The highest BCUT2D eigenvalue weighted by molar-refractivity contribution is 5.79. The van der Waals surface area contributed by atoms with E-state index in [0.717, 1.165) is 39.0 Å². The lowest BCUT2D eigenvalue weighted by molar-refractivity contribution is -0.138. The van der Waals surface area contributed by atoms with Gasteiger partial charge in [-0.25, -0.2) is 0 Å². The van der Waals surface area contributed by atoms with Crippen LogP contribution in [0, 0.1) is 5.92 Å². The Morgan fingerprint density at radius 3 is 2.76 bits per heavy atom. The molecule has 2 saturated heterocycles. The normalized spacial score (nSPS) is 30.8. The van der Waals surface area contributed by atoms with E-state index in [-0.39, 0.29) is 5.92 Å². The summed E-state index contributed by atoms with van der Waals surface area (Å²) in [6.07, 6.45) is 4.64. The zero-order chi connectivity index (χ0) is 12.3. The average Bonchev–Trinajstić information content (AvgIpc) is 2.76. The molecule has 0 saturated carbocycles. The van der Waals surface area contributed by atoms with Gasteiger partial charge in [-0.2, -0.15) is 0 Å². The fraction of sp³-hybridized carbons (Fsp3) is 0.923. The van der Waals surface area contributed by atoms with E-state index in [1.165, 1.54) is 12.8 Å². The Hall–Kier alpha value is -0.610. The summed E-state index contributed by atoms with van der Waals surface area (Å²) in [6, 6.07) is 0.423. The minimum atomic E-state index is 0.248. The van der Waals surface area contributed by atoms with Crippen LogP contribution >= 0.6 is 0 Å². The molecular formula is C13H25N3O. The van der Waals surface area contributed by atoms with Crippen molar-refractivity contribution in [3.63, 3.8) is 0 Å². The highest BCUT2D eigenvalue weighted by Gasteiger charge is 2.33. The minimum absolute atomic E-state index is 0.248. The van der Waals surface area contributed by atoms with Crippen molar-refractivity contribution in [2.75, 3.05) is 40.3 Å². The van der Waals surface area contributed by atoms with Crippen molar-refractivity contribution in [1.29, 1.82) is 0 Å². The number of nitrogens with zero attached hydrogens (tertiary/aromatic N) is 2. The van der Waals surface area contributed by atoms with Gasteiger partial charge in [0.15, 0.2) is 0 Å². The smallest absolute Gasteiger partial charge is 0.227 e. The van der Waals surface area contributed by atoms with Gasteiger partial charge in [-0.1, -0.05) is 0 Å². The van der Waals surface area contributed by atoms with Crippen LogP contribution < -0.4 is 5.32 Å². The molecule has 1 N–H and O–H groups in total. The molecule has 1 amide bonds. The molecule has 4 heteroatoms. The first-order valence-electron chi connectivity index (χ1n) is 6.86. The largest absolute Gasteiger partial charge is 0.338 e. The van der Waals surface area contributed by atoms with E-state index >= 15 is 0 Å². The third-order valence-corrected chi connectivity index (χ3v) is 4.09. The summed E-state index contributed by atoms with van der Waals surface area (Å²) < 4.78 is 0. The SMILES string of the molecule is CNCC1CCCCN1C(=O)C1CCN(C)C1. The predicted octanol–water partition coefficient (Wildman–Crippen LogP) is 0.539. The summed E-state index contributed by atoms with van der Waals surface area (Å²) in [7, 11) is 4.08. The number of hydrogen-bond acceptors (Lipinski definition) is 3. The molecular weight excluding hydrogens is 214 g/mol. The van der Waals surface area contributed by atoms with Crippen LogP contribution in [0.5, 0.6) is 0 Å². The van der Waals surface area contributed by atoms with Crippen LogP contribution in [0.2, 0.25) is 0 Å². The van der Waals surface area contributed by atoms with Gasteiger partial charge in [0.05, 0.1) is 5.92 Å². The lowest BCUT2D eigenvalue weighted by Crippen LogP contribution is -2.50. The zero-order valence-electron chi connectivity index (χ0n) is 11.1. The number of hydrogen-bond donors (Lipinski definition) is 1. The molecule has 0 aliphatic carbocycles. The van der Waals surface area contributed by atoms with Crippen LogP contribution in [0.1, 0.15) is 25.7 Å². The van der Waals surface area contributed by atoms with Crippen LogP contribution in [0.4, 0.5) is 0 Å². The Morgan fingerprint density at radius 2 is 2.12 bits per heavy atom. The van der Waals surface area contributed by atoms with Gasteiger partial charge in [0.2, 0.25) is 5.91 Å². The number of amides is 1. The number of carbonyl (C=O) groups excluding carboxylic acids is 1. The molecule has 2 fully saturated rings. The number of nitrogens with one attached hydrogen (secondary N) is 1. The topological polar surface area (TPSA) is 35.6 Å². The van der Waals surface area contributed by atoms with E-state index in [0.29, 0.717) is 11.9 Å². The summed E-state index contributed by atoms with van der Waals surface area (Å²) in [5.41, 5.74) is 0. The summed E-state index contributed by atoms with van der Waals surface area (Å²) >= 11 is 0. The summed E-state index contributed by atoms with van der Waals surface area (Å²) in [5, 5.41) is 3.22. The van der Waals surface area contributed by atoms with Gasteiger partial charge in [0.1, 0.15) is 0 Å². The molecule has 2 heterocycles. The van der Waals surface area contributed by atoms with Gasteiger partial charge in [0.25, 0.3) is 0 Å². The Labute approximate surface area is 104 Å². The molecule has 0 aromatic rings. The van der Waals surface area contributed by atoms with Crippen molar-refractivity contribution in [1.82, 2.24) is 15.1 Å². The van der Waals surface area contributed by atoms with Crippen molar-refractivity contribution >= 4 is 5.91 Å². The highest BCUT2D eigenvalue weighted by Crippen LogP contribution is 2.23. The zero-order valence-corrected chi connectivity index (χ0v) is 11.1. The first kappa shape index (κ1) is 12.8. The molecule has 0 aromatic carbocycles. The van der Waals surface area contributed by atoms with Crippen molar-refractivity contribution in [3.8, 4) is 0 Å². The van der Waals surface area contributed by atoms with E-state index in [1.807, 2.05) is 7.05 Å². The fourth-order valence-corrected chi connectivity index (χ4v) is 3.11. The second-order valence-corrected chi connectivity index (χ2v) is 5.49. The number of likely N-dealkylation sites (tertiary alicyclic amines) is 2. The second-order valence-electron chi connectivity index (χ2n) is 5.49. The van der Waals surface area contributed by atoms with Gasteiger partial charge in [-0.3, -0.25) is 4.79 Å². The maximum absolute atomic E-state index is 12.5. The minimum Gasteiger partial charge on any atom is -0.338 e. The van der Waals surface area contributed by atoms with E-state index in [4.69, 9.17) is 0 Å². The summed E-state index contributed by atoms with van der Waals surface area (Å²) in [6.45, 7) is 3.92. The highest BCUT2D eigenvalue weighted by atomic mass is 16.2. The predicted molar refractivity (Wildman–Crippen MR) is 68.9 cm³/mol. The van der Waals surface area contributed by atoms with E-state index in [1.54, 1.807) is 0 Å². The van der Waals surface area contributed by atoms with Crippen molar-refractivity contribution in [3.05, 3.63) is 0 Å². The summed E-state index contributed by atoms with van der Waals surface area (Å²) in [4.78, 5) is 16.9. The van der Waals surface area contributed by atoms with Crippen LogP contribution in [-0.2, 0) is 4.79 Å². The quantitative estimate of drug-likeness (QED) is 0.781. The third-order valence-electron chi connectivity index (χ3n) is 4.09. The number of rotatable bonds is 3. The molecule has 2 rings (SSSR count). The van der Waals surface area contributed by atoms with Crippen LogP contribution in [0.3, 0.4) is 0 Å². The third kappa shape index (κ3) is 2.99. The standard InChI is InChI=1S/C13H25N3O/c1-14-9-12-5-3-4-7-16(12)13(17)11-6-8-15(2)10-11/h11-12,14H,3-10H2,1-2H3. The molecule has 2 aliphatic rings. The lowest BCUT2D eigenvalue weighted by atomic mass is 9.98. The molecule has 2 aliphatic heterocycles. The van der Waals surface area contributed by atoms with Gasteiger partial charge < -0.3 is 15.1 Å².